The summed E-state index contributed by atoms with van der Waals surface area (Å²) in [5, 5.41) is 6.63. The molecule has 1 saturated heterocycles. The van der Waals surface area contributed by atoms with Gasteiger partial charge in [0.1, 0.15) is 5.82 Å². The summed E-state index contributed by atoms with van der Waals surface area (Å²) < 4.78 is 7.04. The summed E-state index contributed by atoms with van der Waals surface area (Å²) in [5.74, 6) is 0.696. The summed E-state index contributed by atoms with van der Waals surface area (Å²) in [6.45, 7) is 1.25. The summed E-state index contributed by atoms with van der Waals surface area (Å²) >= 11 is 0. The summed E-state index contributed by atoms with van der Waals surface area (Å²) in [4.78, 5) is 11.9. The molecule has 2 atom stereocenters. The van der Waals surface area contributed by atoms with Crippen molar-refractivity contribution in [3.63, 3.8) is 0 Å². The molecule has 6 heteroatoms. The SMILES string of the molecule is NC(Cc1n[nH]c(=O)n1C1CCOC1)c1ccccc1. The van der Waals surface area contributed by atoms with E-state index in [1.165, 1.54) is 0 Å². The number of aromatic nitrogens is 3. The number of rotatable bonds is 4. The van der Waals surface area contributed by atoms with Gasteiger partial charge in [-0.15, -0.1) is 0 Å². The second kappa shape index (κ2) is 5.60. The molecule has 1 aliphatic rings. The second-order valence-corrected chi connectivity index (χ2v) is 5.05. The maximum atomic E-state index is 11.9. The lowest BCUT2D eigenvalue weighted by molar-refractivity contribution is 0.185. The summed E-state index contributed by atoms with van der Waals surface area (Å²) in [7, 11) is 0. The van der Waals surface area contributed by atoms with Crippen molar-refractivity contribution < 1.29 is 4.74 Å². The highest BCUT2D eigenvalue weighted by Crippen LogP contribution is 2.20. The van der Waals surface area contributed by atoms with Crippen LogP contribution in [0.1, 0.15) is 29.9 Å². The predicted octanol–water partition coefficient (Wildman–Crippen LogP) is 0.775. The Hall–Kier alpha value is -1.92. The topological polar surface area (TPSA) is 85.9 Å². The van der Waals surface area contributed by atoms with Gasteiger partial charge in [0.25, 0.3) is 0 Å². The first kappa shape index (κ1) is 13.1. The van der Waals surface area contributed by atoms with Gasteiger partial charge >= 0.3 is 5.69 Å². The lowest BCUT2D eigenvalue weighted by atomic mass is 10.0. The number of nitrogens with one attached hydrogen (secondary N) is 1. The van der Waals surface area contributed by atoms with Gasteiger partial charge in [-0.05, 0) is 12.0 Å². The molecule has 0 bridgehead atoms. The Kier molecular flexibility index (Phi) is 3.66. The Morgan fingerprint density at radius 3 is 2.95 bits per heavy atom. The predicted molar refractivity (Wildman–Crippen MR) is 74.4 cm³/mol. The van der Waals surface area contributed by atoms with Crippen molar-refractivity contribution in [2.45, 2.75) is 24.9 Å². The van der Waals surface area contributed by atoms with E-state index >= 15 is 0 Å². The van der Waals surface area contributed by atoms with E-state index in [4.69, 9.17) is 10.5 Å². The highest BCUT2D eigenvalue weighted by Gasteiger charge is 2.24. The van der Waals surface area contributed by atoms with Crippen LogP contribution in [-0.4, -0.2) is 28.0 Å². The fourth-order valence-corrected chi connectivity index (χ4v) is 2.60. The average Bonchev–Trinajstić information content (AvgIpc) is 3.10. The van der Waals surface area contributed by atoms with Gasteiger partial charge in [-0.25, -0.2) is 9.89 Å². The van der Waals surface area contributed by atoms with Gasteiger partial charge < -0.3 is 10.5 Å². The van der Waals surface area contributed by atoms with Crippen molar-refractivity contribution >= 4 is 0 Å². The number of hydrogen-bond donors (Lipinski definition) is 2. The summed E-state index contributed by atoms with van der Waals surface area (Å²) in [6, 6.07) is 9.73. The molecule has 0 saturated carbocycles. The van der Waals surface area contributed by atoms with Crippen molar-refractivity contribution in [1.82, 2.24) is 14.8 Å². The van der Waals surface area contributed by atoms with Gasteiger partial charge in [-0.1, -0.05) is 30.3 Å². The highest BCUT2D eigenvalue weighted by molar-refractivity contribution is 5.19. The van der Waals surface area contributed by atoms with Crippen molar-refractivity contribution in [3.8, 4) is 0 Å². The molecule has 2 unspecified atom stereocenters. The first-order valence-electron chi connectivity index (χ1n) is 6.80. The molecule has 2 aromatic rings. The van der Waals surface area contributed by atoms with E-state index in [0.29, 0.717) is 25.5 Å². The Labute approximate surface area is 116 Å². The number of aromatic amines is 1. The Morgan fingerprint density at radius 2 is 2.25 bits per heavy atom. The van der Waals surface area contributed by atoms with Crippen molar-refractivity contribution in [2.75, 3.05) is 13.2 Å². The molecule has 3 rings (SSSR count). The highest BCUT2D eigenvalue weighted by atomic mass is 16.5. The zero-order valence-corrected chi connectivity index (χ0v) is 11.2. The third kappa shape index (κ3) is 2.52. The van der Waals surface area contributed by atoms with Crippen LogP contribution in [0.5, 0.6) is 0 Å². The molecular weight excluding hydrogens is 256 g/mol. The second-order valence-electron chi connectivity index (χ2n) is 5.05. The van der Waals surface area contributed by atoms with Crippen LogP contribution in [0.15, 0.2) is 35.1 Å². The first-order valence-corrected chi connectivity index (χ1v) is 6.80. The largest absolute Gasteiger partial charge is 0.379 e. The van der Waals surface area contributed by atoms with Gasteiger partial charge in [-0.3, -0.25) is 4.57 Å². The minimum atomic E-state index is -0.184. The molecule has 3 N–H and O–H groups in total. The number of nitrogens with two attached hydrogens (primary N) is 1. The van der Waals surface area contributed by atoms with Gasteiger partial charge in [0.05, 0.1) is 12.6 Å². The molecule has 1 fully saturated rings. The quantitative estimate of drug-likeness (QED) is 0.862. The minimum absolute atomic E-state index is 0.0687. The van der Waals surface area contributed by atoms with Crippen LogP contribution in [0.4, 0.5) is 0 Å². The van der Waals surface area contributed by atoms with Crippen LogP contribution in [0, 0.1) is 0 Å². The minimum Gasteiger partial charge on any atom is -0.379 e. The lowest BCUT2D eigenvalue weighted by Gasteiger charge is -2.15. The summed E-state index contributed by atoms with van der Waals surface area (Å²) in [6.07, 6.45) is 1.37. The monoisotopic (exact) mass is 274 g/mol. The van der Waals surface area contributed by atoms with Gasteiger partial charge in [-0.2, -0.15) is 5.10 Å². The zero-order valence-electron chi connectivity index (χ0n) is 11.2. The van der Waals surface area contributed by atoms with Crippen LogP contribution >= 0.6 is 0 Å². The third-order valence-corrected chi connectivity index (χ3v) is 3.68. The standard InChI is InChI=1S/C14H18N4O2/c15-12(10-4-2-1-3-5-10)8-13-16-17-14(19)18(13)11-6-7-20-9-11/h1-5,11-12H,6-9,15H2,(H,17,19). The number of benzene rings is 1. The van der Waals surface area contributed by atoms with Crippen LogP contribution in [0.2, 0.25) is 0 Å². The zero-order chi connectivity index (χ0) is 13.9. The fraction of sp³-hybridized carbons (Fsp3) is 0.429. The van der Waals surface area contributed by atoms with E-state index in [9.17, 15) is 4.79 Å². The maximum absolute atomic E-state index is 11.9. The third-order valence-electron chi connectivity index (χ3n) is 3.68. The normalized spacial score (nSPS) is 20.1. The number of H-pyrrole nitrogens is 1. The average molecular weight is 274 g/mol. The van der Waals surface area contributed by atoms with Crippen LogP contribution < -0.4 is 11.4 Å². The Balaban J connectivity index is 1.82. The Morgan fingerprint density at radius 1 is 1.45 bits per heavy atom. The molecule has 1 aromatic carbocycles. The van der Waals surface area contributed by atoms with Crippen molar-refractivity contribution in [3.05, 3.63) is 52.2 Å². The van der Waals surface area contributed by atoms with E-state index in [0.717, 1.165) is 12.0 Å². The molecular formula is C14H18N4O2. The maximum Gasteiger partial charge on any atom is 0.343 e. The van der Waals surface area contributed by atoms with E-state index in [2.05, 4.69) is 10.2 Å². The van der Waals surface area contributed by atoms with Gasteiger partial charge in [0.15, 0.2) is 0 Å². The van der Waals surface area contributed by atoms with Crippen LogP contribution in [0.3, 0.4) is 0 Å². The van der Waals surface area contributed by atoms with Crippen molar-refractivity contribution in [1.29, 1.82) is 0 Å². The van der Waals surface area contributed by atoms with E-state index in [1.807, 2.05) is 30.3 Å². The smallest absolute Gasteiger partial charge is 0.343 e. The van der Waals surface area contributed by atoms with Crippen molar-refractivity contribution in [2.24, 2.45) is 5.73 Å². The van der Waals surface area contributed by atoms with E-state index in [1.54, 1.807) is 4.57 Å². The van der Waals surface area contributed by atoms with Gasteiger partial charge in [0.2, 0.25) is 0 Å². The molecule has 1 aliphatic heterocycles. The van der Waals surface area contributed by atoms with Gasteiger partial charge in [0, 0.05) is 19.1 Å². The molecule has 2 heterocycles. The molecule has 0 radical (unpaired) electrons. The molecule has 0 aliphatic carbocycles. The van der Waals surface area contributed by atoms with E-state index < -0.39 is 0 Å². The molecule has 6 nitrogen and oxygen atoms in total. The molecule has 1 aromatic heterocycles. The molecule has 20 heavy (non-hydrogen) atoms. The lowest BCUT2D eigenvalue weighted by Crippen LogP contribution is -2.26. The Bertz CT molecular complexity index is 614. The van der Waals surface area contributed by atoms with E-state index in [-0.39, 0.29) is 17.8 Å². The van der Waals surface area contributed by atoms with Crippen LogP contribution in [0.25, 0.3) is 0 Å². The fourth-order valence-electron chi connectivity index (χ4n) is 2.60. The number of hydrogen-bond acceptors (Lipinski definition) is 4. The number of nitrogens with zero attached hydrogens (tertiary/aromatic N) is 2. The summed E-state index contributed by atoms with van der Waals surface area (Å²) in [5.41, 5.74) is 7.06. The van der Waals surface area contributed by atoms with Crippen LogP contribution in [-0.2, 0) is 11.2 Å². The molecule has 106 valence electrons. The molecule has 0 spiro atoms. The first-order chi connectivity index (χ1) is 9.75. The number of ether oxygens (including phenoxy) is 1. The molecule has 0 amide bonds.